The van der Waals surface area contributed by atoms with Gasteiger partial charge in [-0.25, -0.2) is 9.97 Å². The predicted molar refractivity (Wildman–Crippen MR) is 64.8 cm³/mol. The van der Waals surface area contributed by atoms with Gasteiger partial charge < -0.3 is 5.11 Å². The lowest BCUT2D eigenvalue weighted by atomic mass is 10.0. The molecule has 1 aromatic carbocycles. The number of nitrogens with zero attached hydrogens (tertiary/aromatic N) is 2. The topological polar surface area (TPSA) is 46.0 Å². The summed E-state index contributed by atoms with van der Waals surface area (Å²) >= 11 is 3.45. The molecule has 1 atom stereocenters. The van der Waals surface area contributed by atoms with Crippen molar-refractivity contribution in [2.75, 3.05) is 0 Å². The highest BCUT2D eigenvalue weighted by molar-refractivity contribution is 9.10. The van der Waals surface area contributed by atoms with E-state index < -0.39 is 6.10 Å². The summed E-state index contributed by atoms with van der Waals surface area (Å²) in [5.74, 6) is 0. The molecule has 82 valence electrons. The Balaban J connectivity index is 2.14. The summed E-state index contributed by atoms with van der Waals surface area (Å²) < 4.78 is 1.01. The van der Waals surface area contributed by atoms with Crippen molar-refractivity contribution >= 4 is 15.9 Å². The highest BCUT2D eigenvalue weighted by Crippen LogP contribution is 2.22. The van der Waals surface area contributed by atoms with Crippen LogP contribution in [0, 0.1) is 0 Å². The molecule has 16 heavy (non-hydrogen) atoms. The number of halogens is 1. The minimum Gasteiger partial charge on any atom is -0.388 e. The monoisotopic (exact) mass is 278 g/mol. The van der Waals surface area contributed by atoms with Crippen LogP contribution < -0.4 is 0 Å². The molecule has 1 unspecified atom stereocenters. The molecule has 0 saturated carbocycles. The van der Waals surface area contributed by atoms with Crippen molar-refractivity contribution in [2.24, 2.45) is 0 Å². The average Bonchev–Trinajstić information content (AvgIpc) is 2.33. The molecule has 0 fully saturated rings. The first-order valence-electron chi connectivity index (χ1n) is 4.94. The Labute approximate surface area is 102 Å². The predicted octanol–water partition coefficient (Wildman–Crippen LogP) is 2.52. The molecule has 3 nitrogen and oxygen atoms in total. The van der Waals surface area contributed by atoms with E-state index in [-0.39, 0.29) is 0 Å². The van der Waals surface area contributed by atoms with Crippen molar-refractivity contribution in [3.8, 4) is 0 Å². The number of aliphatic hydroxyl groups is 1. The van der Waals surface area contributed by atoms with E-state index in [1.165, 1.54) is 6.33 Å². The van der Waals surface area contributed by atoms with E-state index in [1.54, 1.807) is 12.4 Å². The Kier molecular flexibility index (Phi) is 3.64. The van der Waals surface area contributed by atoms with Crippen molar-refractivity contribution in [1.82, 2.24) is 9.97 Å². The fourth-order valence-electron chi connectivity index (χ4n) is 1.47. The number of aromatic nitrogens is 2. The molecule has 0 aliphatic rings. The molecule has 0 bridgehead atoms. The lowest BCUT2D eigenvalue weighted by Crippen LogP contribution is -2.03. The highest BCUT2D eigenvalue weighted by Gasteiger charge is 2.10. The first kappa shape index (κ1) is 11.2. The zero-order chi connectivity index (χ0) is 11.4. The van der Waals surface area contributed by atoms with E-state index in [1.807, 2.05) is 24.3 Å². The first-order valence-corrected chi connectivity index (χ1v) is 5.73. The third-order valence-electron chi connectivity index (χ3n) is 2.34. The van der Waals surface area contributed by atoms with Crippen LogP contribution in [-0.4, -0.2) is 15.1 Å². The Hall–Kier alpha value is -1.26. The fourth-order valence-corrected chi connectivity index (χ4v) is 1.92. The maximum absolute atomic E-state index is 10.00. The van der Waals surface area contributed by atoms with Crippen LogP contribution in [0.1, 0.15) is 17.2 Å². The second-order valence-electron chi connectivity index (χ2n) is 3.48. The van der Waals surface area contributed by atoms with Crippen molar-refractivity contribution in [2.45, 2.75) is 12.5 Å². The van der Waals surface area contributed by atoms with Crippen LogP contribution in [0.15, 0.2) is 47.5 Å². The van der Waals surface area contributed by atoms with E-state index in [0.29, 0.717) is 6.42 Å². The molecule has 0 spiro atoms. The molecular formula is C12H11BrN2O. The van der Waals surface area contributed by atoms with E-state index in [4.69, 9.17) is 0 Å². The third-order valence-corrected chi connectivity index (χ3v) is 3.11. The molecule has 1 N–H and O–H groups in total. The van der Waals surface area contributed by atoms with Gasteiger partial charge in [0, 0.05) is 28.9 Å². The second-order valence-corrected chi connectivity index (χ2v) is 4.34. The van der Waals surface area contributed by atoms with E-state index in [2.05, 4.69) is 25.9 Å². The first-order chi connectivity index (χ1) is 7.77. The van der Waals surface area contributed by atoms with Crippen LogP contribution in [0.25, 0.3) is 0 Å². The molecule has 4 heteroatoms. The summed E-state index contributed by atoms with van der Waals surface area (Å²) in [6.07, 6.45) is 4.70. The van der Waals surface area contributed by atoms with Crippen molar-refractivity contribution < 1.29 is 5.11 Å². The van der Waals surface area contributed by atoms with Gasteiger partial charge in [0.15, 0.2) is 0 Å². The van der Waals surface area contributed by atoms with Crippen LogP contribution in [-0.2, 0) is 6.42 Å². The summed E-state index contributed by atoms with van der Waals surface area (Å²) in [6, 6.07) is 7.85. The van der Waals surface area contributed by atoms with Crippen LogP contribution in [0.5, 0.6) is 0 Å². The minimum atomic E-state index is -0.570. The molecule has 0 aliphatic carbocycles. The molecular weight excluding hydrogens is 268 g/mol. The van der Waals surface area contributed by atoms with Gasteiger partial charge in [0.25, 0.3) is 0 Å². The lowest BCUT2D eigenvalue weighted by molar-refractivity contribution is 0.177. The summed E-state index contributed by atoms with van der Waals surface area (Å²) in [7, 11) is 0. The van der Waals surface area contributed by atoms with Gasteiger partial charge in [-0.15, -0.1) is 0 Å². The largest absolute Gasteiger partial charge is 0.388 e. The maximum Gasteiger partial charge on any atom is 0.115 e. The quantitative estimate of drug-likeness (QED) is 0.939. The highest BCUT2D eigenvalue weighted by atomic mass is 79.9. The second kappa shape index (κ2) is 5.18. The van der Waals surface area contributed by atoms with Gasteiger partial charge in [-0.05, 0) is 11.6 Å². The maximum atomic E-state index is 10.00. The molecule has 0 amide bonds. The number of hydrogen-bond acceptors (Lipinski definition) is 3. The molecule has 0 saturated heterocycles. The smallest absolute Gasteiger partial charge is 0.115 e. The van der Waals surface area contributed by atoms with Crippen LogP contribution in [0.4, 0.5) is 0 Å². The van der Waals surface area contributed by atoms with Crippen LogP contribution in [0.3, 0.4) is 0 Å². The number of rotatable bonds is 3. The normalized spacial score (nSPS) is 12.4. The van der Waals surface area contributed by atoms with Gasteiger partial charge in [0.05, 0.1) is 6.10 Å². The molecule has 1 aromatic heterocycles. The van der Waals surface area contributed by atoms with E-state index in [9.17, 15) is 5.11 Å². The number of hydrogen-bond donors (Lipinski definition) is 1. The van der Waals surface area contributed by atoms with Gasteiger partial charge in [0.1, 0.15) is 6.33 Å². The van der Waals surface area contributed by atoms with Crippen molar-refractivity contribution in [3.05, 3.63) is 58.6 Å². The zero-order valence-corrected chi connectivity index (χ0v) is 10.1. The van der Waals surface area contributed by atoms with E-state index >= 15 is 0 Å². The number of aliphatic hydroxyl groups excluding tert-OH is 1. The Morgan fingerprint density at radius 2 is 1.88 bits per heavy atom. The van der Waals surface area contributed by atoms with E-state index in [0.717, 1.165) is 15.6 Å². The van der Waals surface area contributed by atoms with Gasteiger partial charge in [-0.1, -0.05) is 34.1 Å². The standard InChI is InChI=1S/C12H11BrN2O/c13-11-4-2-1-3-9(11)5-12(16)10-6-14-8-15-7-10/h1-4,6-8,12,16H,5H2. The summed E-state index contributed by atoms with van der Waals surface area (Å²) in [4.78, 5) is 7.77. The van der Waals surface area contributed by atoms with Gasteiger partial charge in [-0.2, -0.15) is 0 Å². The summed E-state index contributed by atoms with van der Waals surface area (Å²) in [6.45, 7) is 0. The Morgan fingerprint density at radius 1 is 1.19 bits per heavy atom. The minimum absolute atomic E-state index is 0.550. The number of benzene rings is 1. The molecule has 0 radical (unpaired) electrons. The average molecular weight is 279 g/mol. The molecule has 2 rings (SSSR count). The van der Waals surface area contributed by atoms with Crippen LogP contribution >= 0.6 is 15.9 Å². The van der Waals surface area contributed by atoms with Gasteiger partial charge >= 0.3 is 0 Å². The van der Waals surface area contributed by atoms with Crippen LogP contribution in [0.2, 0.25) is 0 Å². The lowest BCUT2D eigenvalue weighted by Gasteiger charge is -2.11. The van der Waals surface area contributed by atoms with Crippen molar-refractivity contribution in [1.29, 1.82) is 0 Å². The fraction of sp³-hybridized carbons (Fsp3) is 0.167. The zero-order valence-electron chi connectivity index (χ0n) is 8.55. The molecule has 2 aromatic rings. The van der Waals surface area contributed by atoms with Gasteiger partial charge in [-0.3, -0.25) is 0 Å². The SMILES string of the molecule is OC(Cc1ccccc1Br)c1cncnc1. The Bertz CT molecular complexity index is 462. The molecule has 1 heterocycles. The molecule has 0 aliphatic heterocycles. The van der Waals surface area contributed by atoms with Gasteiger partial charge in [0.2, 0.25) is 0 Å². The van der Waals surface area contributed by atoms with Crippen molar-refractivity contribution in [3.63, 3.8) is 0 Å². The summed E-state index contributed by atoms with van der Waals surface area (Å²) in [5, 5.41) is 10.00. The summed E-state index contributed by atoms with van der Waals surface area (Å²) in [5.41, 5.74) is 1.80. The Morgan fingerprint density at radius 3 is 2.56 bits per heavy atom. The third kappa shape index (κ3) is 2.65.